The van der Waals surface area contributed by atoms with Gasteiger partial charge in [-0.05, 0) is 32.1 Å². The maximum Gasteiger partial charge on any atom is 0.186 e. The Morgan fingerprint density at radius 3 is 3.11 bits per heavy atom. The molecular formula is C14H20FN3O. The smallest absolute Gasteiger partial charge is 0.186 e. The molecule has 0 unspecified atom stereocenters. The molecule has 5 heteroatoms. The summed E-state index contributed by atoms with van der Waals surface area (Å²) in [7, 11) is 0. The molecule has 19 heavy (non-hydrogen) atoms. The number of halogens is 1. The number of ether oxygens (including phenoxy) is 1. The molecule has 0 amide bonds. The number of rotatable bonds is 3. The van der Waals surface area contributed by atoms with Crippen molar-refractivity contribution in [1.82, 2.24) is 9.97 Å². The first kappa shape index (κ1) is 12.8. The lowest BCUT2D eigenvalue weighted by Crippen LogP contribution is -2.38. The molecule has 0 radical (unpaired) electrons. The van der Waals surface area contributed by atoms with E-state index in [-0.39, 0.29) is 11.9 Å². The molecule has 2 fully saturated rings. The van der Waals surface area contributed by atoms with Gasteiger partial charge in [-0.3, -0.25) is 0 Å². The standard InChI is InChI=1S/C14H20FN3O/c1-2-10-13(15)14(17-8-16-10)18-11-4-3-5-12-9(11)6-7-19-12/h8-9,11-12H,2-7H2,1H3,(H,16,17,18)/t9-,11+,12-/m0/s1. The summed E-state index contributed by atoms with van der Waals surface area (Å²) in [6.45, 7) is 2.73. The molecule has 1 aromatic heterocycles. The largest absolute Gasteiger partial charge is 0.378 e. The van der Waals surface area contributed by atoms with Crippen molar-refractivity contribution in [3.63, 3.8) is 0 Å². The maximum atomic E-state index is 14.2. The quantitative estimate of drug-likeness (QED) is 0.912. The van der Waals surface area contributed by atoms with E-state index in [1.165, 1.54) is 6.33 Å². The molecule has 1 N–H and O–H groups in total. The molecule has 1 saturated heterocycles. The van der Waals surface area contributed by atoms with Crippen LogP contribution in [0.1, 0.15) is 38.3 Å². The number of nitrogens with zero attached hydrogens (tertiary/aromatic N) is 2. The summed E-state index contributed by atoms with van der Waals surface area (Å²) >= 11 is 0. The van der Waals surface area contributed by atoms with E-state index in [2.05, 4.69) is 15.3 Å². The van der Waals surface area contributed by atoms with Gasteiger partial charge in [0.25, 0.3) is 0 Å². The van der Waals surface area contributed by atoms with Crippen LogP contribution in [0.25, 0.3) is 0 Å². The van der Waals surface area contributed by atoms with Gasteiger partial charge >= 0.3 is 0 Å². The predicted molar refractivity (Wildman–Crippen MR) is 70.5 cm³/mol. The molecular weight excluding hydrogens is 245 g/mol. The number of aryl methyl sites for hydroxylation is 1. The van der Waals surface area contributed by atoms with E-state index in [4.69, 9.17) is 4.74 Å². The van der Waals surface area contributed by atoms with Crippen molar-refractivity contribution in [1.29, 1.82) is 0 Å². The summed E-state index contributed by atoms with van der Waals surface area (Å²) in [6, 6.07) is 0.273. The Kier molecular flexibility index (Phi) is 3.64. The minimum absolute atomic E-state index is 0.273. The Balaban J connectivity index is 1.77. The molecule has 1 aliphatic heterocycles. The Morgan fingerprint density at radius 1 is 1.37 bits per heavy atom. The zero-order valence-electron chi connectivity index (χ0n) is 11.2. The fraction of sp³-hybridized carbons (Fsp3) is 0.714. The van der Waals surface area contributed by atoms with Gasteiger partial charge in [0.05, 0.1) is 11.8 Å². The van der Waals surface area contributed by atoms with Crippen molar-refractivity contribution in [3.8, 4) is 0 Å². The average Bonchev–Trinajstić information content (AvgIpc) is 2.90. The minimum atomic E-state index is -0.300. The fourth-order valence-electron chi connectivity index (χ4n) is 3.28. The summed E-state index contributed by atoms with van der Waals surface area (Å²) in [5, 5.41) is 3.29. The van der Waals surface area contributed by atoms with E-state index in [1.54, 1.807) is 0 Å². The highest BCUT2D eigenvalue weighted by molar-refractivity contribution is 5.38. The minimum Gasteiger partial charge on any atom is -0.378 e. The van der Waals surface area contributed by atoms with Crippen LogP contribution in [0.15, 0.2) is 6.33 Å². The number of hydrogen-bond donors (Lipinski definition) is 1. The van der Waals surface area contributed by atoms with Gasteiger partial charge in [0.1, 0.15) is 6.33 Å². The van der Waals surface area contributed by atoms with Crippen molar-refractivity contribution < 1.29 is 9.13 Å². The van der Waals surface area contributed by atoms with Gasteiger partial charge in [-0.2, -0.15) is 0 Å². The molecule has 1 aromatic rings. The van der Waals surface area contributed by atoms with Crippen LogP contribution in [-0.4, -0.2) is 28.7 Å². The second-order valence-electron chi connectivity index (χ2n) is 5.38. The zero-order valence-corrected chi connectivity index (χ0v) is 11.2. The molecule has 1 saturated carbocycles. The zero-order chi connectivity index (χ0) is 13.2. The van der Waals surface area contributed by atoms with Crippen LogP contribution < -0.4 is 5.32 Å². The Hall–Kier alpha value is -1.23. The van der Waals surface area contributed by atoms with Gasteiger partial charge in [0, 0.05) is 18.6 Å². The molecule has 4 nitrogen and oxygen atoms in total. The molecule has 0 spiro atoms. The number of hydrogen-bond acceptors (Lipinski definition) is 4. The number of anilines is 1. The Morgan fingerprint density at radius 2 is 2.26 bits per heavy atom. The lowest BCUT2D eigenvalue weighted by atomic mass is 9.82. The Bertz CT molecular complexity index is 454. The van der Waals surface area contributed by atoms with E-state index >= 15 is 0 Å². The van der Waals surface area contributed by atoms with Gasteiger partial charge in [0.2, 0.25) is 0 Å². The van der Waals surface area contributed by atoms with E-state index in [0.717, 1.165) is 32.3 Å². The summed E-state index contributed by atoms with van der Waals surface area (Å²) in [6.07, 6.45) is 6.77. The number of nitrogens with one attached hydrogen (secondary N) is 1. The van der Waals surface area contributed by atoms with Crippen molar-refractivity contribution >= 4 is 5.82 Å². The molecule has 2 aliphatic rings. The van der Waals surface area contributed by atoms with Crippen molar-refractivity contribution in [2.75, 3.05) is 11.9 Å². The average molecular weight is 265 g/mol. The molecule has 0 aromatic carbocycles. The molecule has 2 heterocycles. The van der Waals surface area contributed by atoms with Crippen molar-refractivity contribution in [2.45, 2.75) is 51.2 Å². The van der Waals surface area contributed by atoms with E-state index in [0.29, 0.717) is 30.0 Å². The molecule has 0 bridgehead atoms. The highest BCUT2D eigenvalue weighted by atomic mass is 19.1. The SMILES string of the molecule is CCc1ncnc(N[C@@H]2CCC[C@@H]3OCC[C@H]32)c1F. The summed E-state index contributed by atoms with van der Waals surface area (Å²) in [4.78, 5) is 8.02. The van der Waals surface area contributed by atoms with Crippen LogP contribution in [0, 0.1) is 11.7 Å². The second-order valence-corrected chi connectivity index (χ2v) is 5.38. The predicted octanol–water partition coefficient (Wildman–Crippen LogP) is 2.55. The first-order valence-corrected chi connectivity index (χ1v) is 7.17. The molecule has 3 atom stereocenters. The van der Waals surface area contributed by atoms with Crippen LogP contribution in [0.5, 0.6) is 0 Å². The maximum absolute atomic E-state index is 14.2. The number of fused-ring (bicyclic) bond motifs is 1. The topological polar surface area (TPSA) is 47.0 Å². The lowest BCUT2D eigenvalue weighted by Gasteiger charge is -2.33. The second kappa shape index (κ2) is 5.41. The first-order valence-electron chi connectivity index (χ1n) is 7.17. The number of aromatic nitrogens is 2. The first-order chi connectivity index (χ1) is 9.29. The summed E-state index contributed by atoms with van der Waals surface area (Å²) < 4.78 is 19.9. The molecule has 1 aliphatic carbocycles. The van der Waals surface area contributed by atoms with Gasteiger partial charge in [-0.1, -0.05) is 6.92 Å². The van der Waals surface area contributed by atoms with Crippen LogP contribution in [0.3, 0.4) is 0 Å². The Labute approximate surface area is 112 Å². The van der Waals surface area contributed by atoms with Gasteiger partial charge in [0.15, 0.2) is 11.6 Å². The highest BCUT2D eigenvalue weighted by Gasteiger charge is 2.38. The summed E-state index contributed by atoms with van der Waals surface area (Å²) in [5.41, 5.74) is 0.479. The normalized spacial score (nSPS) is 30.1. The van der Waals surface area contributed by atoms with Gasteiger partial charge in [-0.15, -0.1) is 0 Å². The highest BCUT2D eigenvalue weighted by Crippen LogP contribution is 2.36. The molecule has 104 valence electrons. The van der Waals surface area contributed by atoms with Gasteiger partial charge < -0.3 is 10.1 Å². The van der Waals surface area contributed by atoms with Crippen molar-refractivity contribution in [2.24, 2.45) is 5.92 Å². The fourth-order valence-corrected chi connectivity index (χ4v) is 3.28. The third-order valence-electron chi connectivity index (χ3n) is 4.30. The lowest BCUT2D eigenvalue weighted by molar-refractivity contribution is 0.0619. The van der Waals surface area contributed by atoms with Crippen LogP contribution in [-0.2, 0) is 11.2 Å². The van der Waals surface area contributed by atoms with E-state index < -0.39 is 0 Å². The monoisotopic (exact) mass is 265 g/mol. The van der Waals surface area contributed by atoms with E-state index in [9.17, 15) is 4.39 Å². The van der Waals surface area contributed by atoms with Crippen molar-refractivity contribution in [3.05, 3.63) is 17.8 Å². The molecule has 3 rings (SSSR count). The van der Waals surface area contributed by atoms with E-state index in [1.807, 2.05) is 6.92 Å². The van der Waals surface area contributed by atoms with Crippen LogP contribution >= 0.6 is 0 Å². The third kappa shape index (κ3) is 2.43. The third-order valence-corrected chi connectivity index (χ3v) is 4.30. The van der Waals surface area contributed by atoms with Gasteiger partial charge in [-0.25, -0.2) is 14.4 Å². The summed E-state index contributed by atoms with van der Waals surface area (Å²) in [5.74, 6) is 0.545. The van der Waals surface area contributed by atoms with Crippen LogP contribution in [0.4, 0.5) is 10.2 Å². The van der Waals surface area contributed by atoms with Crippen LogP contribution in [0.2, 0.25) is 0 Å².